The van der Waals surface area contributed by atoms with E-state index in [0.29, 0.717) is 0 Å². The lowest BCUT2D eigenvalue weighted by Crippen LogP contribution is -1.94. The summed E-state index contributed by atoms with van der Waals surface area (Å²) in [4.78, 5) is 17.8. The zero-order valence-corrected chi connectivity index (χ0v) is 77.8. The highest BCUT2D eigenvalue weighted by Gasteiger charge is 2.34. The summed E-state index contributed by atoms with van der Waals surface area (Å²) in [6.07, 6.45) is 95.4. The molecule has 2 aliphatic heterocycles. The molecule has 0 saturated heterocycles. The minimum Gasteiger partial charge on any atom is -0.144 e. The van der Waals surface area contributed by atoms with Gasteiger partial charge in [0.25, 0.3) is 0 Å². The highest BCUT2D eigenvalue weighted by molar-refractivity contribution is 8.30. The van der Waals surface area contributed by atoms with Crippen LogP contribution in [-0.4, -0.2) is 0 Å². The number of thioether (sulfide) groups is 4. The van der Waals surface area contributed by atoms with E-state index in [0.717, 1.165) is 0 Å². The summed E-state index contributed by atoms with van der Waals surface area (Å²) >= 11 is 20.6. The SMILES string of the molecule is CCCCCCCCc1csc(/C=C/c2sc(/C=C/c3scc(CCCCCCCC)c3CCCCCCCC)c3c2SC(=C2Sc4c(/C=C/c5scc(CCCCCCCC)c5CCCCCCCC)sc(/C=C/c5scc(CCCCCCCC)c5CCCCCCCC)c4S2)S3)c1CCCCCCCC. The van der Waals surface area contributed by atoms with Crippen LogP contribution in [0.25, 0.3) is 48.6 Å². The van der Waals surface area contributed by atoms with Crippen molar-refractivity contribution in [3.05, 3.63) is 114 Å². The fourth-order valence-electron chi connectivity index (χ4n) is 15.9. The second kappa shape index (κ2) is 56.6. The Morgan fingerprint density at radius 2 is 0.343 bits per heavy atom. The van der Waals surface area contributed by atoms with Gasteiger partial charge < -0.3 is 0 Å². The largest absolute Gasteiger partial charge is 0.144 e. The molecule has 0 aliphatic carbocycles. The van der Waals surface area contributed by atoms with Gasteiger partial charge in [0.2, 0.25) is 0 Å². The van der Waals surface area contributed by atoms with Gasteiger partial charge in [0, 0.05) is 58.6 Å². The van der Waals surface area contributed by atoms with Gasteiger partial charge in [-0.3, -0.25) is 0 Å². The molecule has 0 amide bonds. The summed E-state index contributed by atoms with van der Waals surface area (Å²) < 4.78 is 2.97. The van der Waals surface area contributed by atoms with E-state index in [4.69, 9.17) is 0 Å². The highest BCUT2D eigenvalue weighted by atomic mass is 32.2. The van der Waals surface area contributed by atoms with Crippen LogP contribution in [0.2, 0.25) is 0 Å². The number of aryl methyl sites for hydroxylation is 4. The number of rotatable bonds is 64. The van der Waals surface area contributed by atoms with Gasteiger partial charge in [0.15, 0.2) is 0 Å². The first kappa shape index (κ1) is 91.8. The molecule has 0 aromatic carbocycles. The number of unbranched alkanes of at least 4 members (excludes halogenated alkanes) is 40. The van der Waals surface area contributed by atoms with Gasteiger partial charge in [0.1, 0.15) is 0 Å². The molecule has 600 valence electrons. The van der Waals surface area contributed by atoms with E-state index in [1.54, 1.807) is 44.5 Å². The zero-order chi connectivity index (χ0) is 75.9. The molecular weight excluding hydrogens is 1500 g/mol. The van der Waals surface area contributed by atoms with Crippen LogP contribution in [0.1, 0.15) is 447 Å². The van der Waals surface area contributed by atoms with Crippen LogP contribution >= 0.6 is 115 Å². The van der Waals surface area contributed by atoms with E-state index < -0.39 is 0 Å². The molecule has 0 fully saturated rings. The van der Waals surface area contributed by atoms with E-state index in [1.165, 1.54) is 427 Å². The van der Waals surface area contributed by atoms with E-state index in [2.05, 4.69) is 195 Å². The summed E-state index contributed by atoms with van der Waals surface area (Å²) in [6, 6.07) is 0. The molecule has 0 nitrogen and oxygen atoms in total. The first-order chi connectivity index (χ1) is 53.4. The fourth-order valence-corrected chi connectivity index (χ4v) is 28.5. The minimum absolute atomic E-state index is 1.22. The summed E-state index contributed by atoms with van der Waals surface area (Å²) in [7, 11) is 0. The van der Waals surface area contributed by atoms with Crippen molar-refractivity contribution in [1.82, 2.24) is 0 Å². The summed E-state index contributed by atoms with van der Waals surface area (Å²) in [6.45, 7) is 18.8. The number of fused-ring (bicyclic) bond motifs is 2. The normalized spacial score (nSPS) is 13.3. The van der Waals surface area contributed by atoms with E-state index in [-0.39, 0.29) is 0 Å². The summed E-state index contributed by atoms with van der Waals surface area (Å²) in [5.41, 5.74) is 13.2. The standard InChI is InChI=1S/C98H148S10/c1-9-17-25-33-41-49-57-77-73-99-85(81(77)61-53-45-37-29-21-13-5)65-69-89-93-94(90(103-89)70-66-86-82(62-54-46-38-30-22-14-6)78(74-100-86)58-50-42-34-26-18-10-2)106-97(105-93)98-107-95-91(71-67-87-83(63-55-47-39-31-23-15-7)79(75-101-87)59-51-43-35-27-19-11-3)104-92(96(95)108-98)72-68-88-84(64-56-48-40-32-24-16-8)80(76-102-88)60-52-44-36-28-20-12-4/h65-76H,9-64H2,1-8H3/b69-65+,70-66+,71-67+,72-68+. The number of thiophene rings is 6. The average Bonchev–Trinajstić information content (AvgIpc) is 1.60. The maximum absolute atomic E-state index is 2.58. The molecule has 0 N–H and O–H groups in total. The Morgan fingerprint density at radius 1 is 0.185 bits per heavy atom. The van der Waals surface area contributed by atoms with Crippen molar-refractivity contribution >= 4 is 164 Å². The molecule has 10 heteroatoms. The smallest absolute Gasteiger partial charge is 0.0707 e. The molecule has 0 bridgehead atoms. The maximum Gasteiger partial charge on any atom is 0.0707 e. The second-order valence-corrected chi connectivity index (χ2v) is 42.3. The Hall–Kier alpha value is -1.70. The van der Waals surface area contributed by atoms with Gasteiger partial charge >= 0.3 is 0 Å². The molecular formula is C98H148S10. The molecule has 0 unspecified atom stereocenters. The van der Waals surface area contributed by atoms with Crippen molar-refractivity contribution in [2.75, 3.05) is 0 Å². The quantitative estimate of drug-likeness (QED) is 0.0349. The maximum atomic E-state index is 2.58. The van der Waals surface area contributed by atoms with E-state index in [9.17, 15) is 0 Å². The van der Waals surface area contributed by atoms with Crippen molar-refractivity contribution < 1.29 is 0 Å². The third-order valence-electron chi connectivity index (χ3n) is 22.6. The summed E-state index contributed by atoms with van der Waals surface area (Å²) in [5, 5.41) is 10.3. The van der Waals surface area contributed by atoms with Crippen molar-refractivity contribution in [2.24, 2.45) is 0 Å². The van der Waals surface area contributed by atoms with Crippen LogP contribution in [0.5, 0.6) is 0 Å². The van der Waals surface area contributed by atoms with Crippen molar-refractivity contribution in [1.29, 1.82) is 0 Å². The lowest BCUT2D eigenvalue weighted by Gasteiger charge is -2.07. The lowest BCUT2D eigenvalue weighted by atomic mass is 9.98. The Balaban J connectivity index is 1.17. The molecule has 108 heavy (non-hydrogen) atoms. The third-order valence-corrected chi connectivity index (χ3v) is 35.4. The topological polar surface area (TPSA) is 0 Å². The van der Waals surface area contributed by atoms with Crippen LogP contribution in [-0.2, 0) is 51.4 Å². The monoisotopic (exact) mass is 1640 g/mol. The second-order valence-electron chi connectivity index (χ2n) is 31.9. The van der Waals surface area contributed by atoms with Crippen molar-refractivity contribution in [3.63, 3.8) is 0 Å². The van der Waals surface area contributed by atoms with Gasteiger partial charge in [-0.2, -0.15) is 0 Å². The first-order valence-corrected chi connectivity index (χ1v) is 53.7. The lowest BCUT2D eigenvalue weighted by molar-refractivity contribution is 0.600. The Bertz CT molecular complexity index is 3080. The van der Waals surface area contributed by atoms with Crippen LogP contribution in [0.3, 0.4) is 0 Å². The van der Waals surface area contributed by atoms with E-state index >= 15 is 0 Å². The van der Waals surface area contributed by atoms with Crippen molar-refractivity contribution in [2.45, 2.75) is 435 Å². The van der Waals surface area contributed by atoms with Crippen LogP contribution in [0.4, 0.5) is 0 Å². The Kier molecular flexibility index (Phi) is 48.1. The van der Waals surface area contributed by atoms with Crippen LogP contribution in [0, 0.1) is 0 Å². The molecule has 6 aromatic rings. The van der Waals surface area contributed by atoms with Crippen LogP contribution < -0.4 is 0 Å². The Morgan fingerprint density at radius 3 is 0.528 bits per heavy atom. The highest BCUT2D eigenvalue weighted by Crippen LogP contribution is 2.66. The predicted molar refractivity (Wildman–Crippen MR) is 509 cm³/mol. The number of hydrogen-bond donors (Lipinski definition) is 0. The molecule has 0 saturated carbocycles. The van der Waals surface area contributed by atoms with Crippen molar-refractivity contribution in [3.8, 4) is 0 Å². The molecule has 2 aliphatic rings. The summed E-state index contributed by atoms with van der Waals surface area (Å²) in [5.74, 6) is 0. The molecule has 8 heterocycles. The zero-order valence-electron chi connectivity index (χ0n) is 69.6. The Labute approximate surface area is 705 Å². The minimum atomic E-state index is 1.22. The van der Waals surface area contributed by atoms with Gasteiger partial charge in [-0.1, -0.05) is 359 Å². The number of hydrogen-bond acceptors (Lipinski definition) is 10. The van der Waals surface area contributed by atoms with E-state index in [1.807, 2.05) is 45.3 Å². The van der Waals surface area contributed by atoms with Gasteiger partial charge in [-0.05, 0) is 217 Å². The average molecular weight is 1650 g/mol. The predicted octanol–water partition coefficient (Wildman–Crippen LogP) is 38.2. The molecule has 0 spiro atoms. The molecule has 8 rings (SSSR count). The van der Waals surface area contributed by atoms with Gasteiger partial charge in [-0.25, -0.2) is 0 Å². The van der Waals surface area contributed by atoms with Gasteiger partial charge in [-0.15, -0.1) is 68.0 Å². The van der Waals surface area contributed by atoms with Crippen LogP contribution in [0.15, 0.2) is 49.6 Å². The fraction of sp³-hybridized carbons (Fsp3) is 0.653. The van der Waals surface area contributed by atoms with Gasteiger partial charge in [0.05, 0.1) is 8.47 Å². The third kappa shape index (κ3) is 32.1. The molecule has 6 aromatic heterocycles. The molecule has 0 atom stereocenters. The molecule has 0 radical (unpaired) electrons. The first-order valence-electron chi connectivity index (χ1n) is 45.2.